The molecule has 1 atom stereocenters. The van der Waals surface area contributed by atoms with Crippen molar-refractivity contribution >= 4 is 39.1 Å². The van der Waals surface area contributed by atoms with Crippen LogP contribution in [0.1, 0.15) is 51.2 Å². The molecule has 29 heavy (non-hydrogen) atoms. The fourth-order valence-corrected chi connectivity index (χ4v) is 5.58. The first-order chi connectivity index (χ1) is 13.9. The monoisotopic (exact) mass is 428 g/mol. The van der Waals surface area contributed by atoms with Crippen LogP contribution in [0.3, 0.4) is 0 Å². The van der Waals surface area contributed by atoms with Crippen LogP contribution in [-0.2, 0) is 0 Å². The van der Waals surface area contributed by atoms with Crippen molar-refractivity contribution in [1.82, 2.24) is 20.2 Å². The normalized spacial score (nSPS) is 15.7. The molecule has 7 heteroatoms. The van der Waals surface area contributed by atoms with Gasteiger partial charge < -0.3 is 5.32 Å². The van der Waals surface area contributed by atoms with E-state index in [4.69, 9.17) is 11.6 Å². The maximum absolute atomic E-state index is 13.1. The van der Waals surface area contributed by atoms with E-state index >= 15 is 0 Å². The number of nitrogens with one attached hydrogen (secondary N) is 1. The maximum atomic E-state index is 13.1. The lowest BCUT2D eigenvalue weighted by atomic mass is 10.1. The van der Waals surface area contributed by atoms with Crippen molar-refractivity contribution in [2.24, 2.45) is 0 Å². The summed E-state index contributed by atoms with van der Waals surface area (Å²) in [6.45, 7) is 8.48. The molecule has 1 aliphatic heterocycles. The highest BCUT2D eigenvalue weighted by atomic mass is 35.5. The van der Waals surface area contributed by atoms with Gasteiger partial charge in [-0.15, -0.1) is 11.3 Å². The minimum absolute atomic E-state index is 0.0474. The number of fused-ring (bicyclic) bond motifs is 1. The van der Waals surface area contributed by atoms with Gasteiger partial charge in [-0.1, -0.05) is 23.7 Å². The third-order valence-electron chi connectivity index (χ3n) is 5.56. The molecule has 0 aliphatic carbocycles. The Bertz CT molecular complexity index is 1060. The Morgan fingerprint density at radius 1 is 1.24 bits per heavy atom. The molecule has 1 saturated heterocycles. The molecule has 0 bridgehead atoms. The molecule has 0 spiro atoms. The van der Waals surface area contributed by atoms with Crippen LogP contribution in [0.25, 0.3) is 10.2 Å². The largest absolute Gasteiger partial charge is 0.349 e. The summed E-state index contributed by atoms with van der Waals surface area (Å²) in [4.78, 5) is 26.1. The van der Waals surface area contributed by atoms with E-state index in [0.717, 1.165) is 51.0 Å². The Hall–Kier alpha value is -2.02. The van der Waals surface area contributed by atoms with Crippen molar-refractivity contribution in [2.75, 3.05) is 19.6 Å². The number of likely N-dealkylation sites (tertiary alicyclic amines) is 1. The smallest absolute Gasteiger partial charge is 0.261 e. The van der Waals surface area contributed by atoms with Crippen molar-refractivity contribution in [3.05, 3.63) is 56.8 Å². The van der Waals surface area contributed by atoms with Gasteiger partial charge in [0.15, 0.2) is 0 Å². The molecule has 152 valence electrons. The summed E-state index contributed by atoms with van der Waals surface area (Å²) in [7, 11) is 0. The Kier molecular flexibility index (Phi) is 5.86. The van der Waals surface area contributed by atoms with Gasteiger partial charge in [-0.25, -0.2) is 9.97 Å². The Labute approximate surface area is 180 Å². The van der Waals surface area contributed by atoms with Crippen molar-refractivity contribution in [1.29, 1.82) is 0 Å². The molecular formula is C22H25ClN4OS. The van der Waals surface area contributed by atoms with Gasteiger partial charge >= 0.3 is 0 Å². The molecule has 1 aliphatic rings. The minimum Gasteiger partial charge on any atom is -0.349 e. The van der Waals surface area contributed by atoms with Crippen molar-refractivity contribution < 1.29 is 4.79 Å². The number of benzene rings is 1. The predicted molar refractivity (Wildman–Crippen MR) is 119 cm³/mol. The third kappa shape index (κ3) is 4.15. The van der Waals surface area contributed by atoms with E-state index in [1.807, 2.05) is 39.0 Å². The number of nitrogens with zero attached hydrogens (tertiary/aromatic N) is 3. The van der Waals surface area contributed by atoms with E-state index < -0.39 is 0 Å². The summed E-state index contributed by atoms with van der Waals surface area (Å²) in [5, 5.41) is 4.89. The van der Waals surface area contributed by atoms with Crippen LogP contribution in [0.15, 0.2) is 24.3 Å². The average molecular weight is 429 g/mol. The molecule has 0 saturated carbocycles. The average Bonchev–Trinajstić information content (AvgIpc) is 3.30. The summed E-state index contributed by atoms with van der Waals surface area (Å²) >= 11 is 7.68. The van der Waals surface area contributed by atoms with Gasteiger partial charge in [0.1, 0.15) is 10.7 Å². The molecule has 3 heterocycles. The van der Waals surface area contributed by atoms with E-state index in [-0.39, 0.29) is 11.9 Å². The summed E-state index contributed by atoms with van der Waals surface area (Å²) in [6.07, 6.45) is 2.38. The first-order valence-corrected chi connectivity index (χ1v) is 11.2. The fraction of sp³-hybridized carbons (Fsp3) is 0.409. The number of carbonyl (C=O) groups excluding carboxylic acids is 1. The molecule has 4 rings (SSSR count). The first-order valence-electron chi connectivity index (χ1n) is 9.96. The summed E-state index contributed by atoms with van der Waals surface area (Å²) in [5.74, 6) is 0.687. The van der Waals surface area contributed by atoms with Crippen molar-refractivity contribution in [3.8, 4) is 0 Å². The summed E-state index contributed by atoms with van der Waals surface area (Å²) < 4.78 is 0. The summed E-state index contributed by atoms with van der Waals surface area (Å²) in [5.41, 5.74) is 3.03. The number of aryl methyl sites for hydroxylation is 3. The number of amides is 1. The quantitative estimate of drug-likeness (QED) is 0.631. The molecule has 2 aromatic heterocycles. The highest BCUT2D eigenvalue weighted by molar-refractivity contribution is 7.20. The topological polar surface area (TPSA) is 58.1 Å². The molecule has 5 nitrogen and oxygen atoms in total. The lowest BCUT2D eigenvalue weighted by Crippen LogP contribution is -2.36. The highest BCUT2D eigenvalue weighted by Crippen LogP contribution is 2.32. The van der Waals surface area contributed by atoms with Crippen LogP contribution >= 0.6 is 22.9 Å². The maximum Gasteiger partial charge on any atom is 0.261 e. The molecular weight excluding hydrogens is 404 g/mol. The Balaban J connectivity index is 1.57. The zero-order valence-corrected chi connectivity index (χ0v) is 18.5. The summed E-state index contributed by atoms with van der Waals surface area (Å²) in [6, 6.07) is 8.08. The van der Waals surface area contributed by atoms with E-state index in [0.29, 0.717) is 11.4 Å². The number of aromatic nitrogens is 2. The van der Waals surface area contributed by atoms with E-state index in [9.17, 15) is 4.79 Å². The second-order valence-corrected chi connectivity index (χ2v) is 9.05. The van der Waals surface area contributed by atoms with Crippen molar-refractivity contribution in [2.45, 2.75) is 39.7 Å². The van der Waals surface area contributed by atoms with Gasteiger partial charge in [-0.2, -0.15) is 0 Å². The first kappa shape index (κ1) is 20.3. The fourth-order valence-electron chi connectivity index (χ4n) is 4.18. The number of halogens is 1. The number of thiophene rings is 1. The molecule has 1 unspecified atom stereocenters. The predicted octanol–water partition coefficient (Wildman–Crippen LogP) is 4.84. The molecule has 3 aromatic rings. The molecule has 1 N–H and O–H groups in total. The van der Waals surface area contributed by atoms with Gasteiger partial charge in [-0.05, 0) is 70.0 Å². The minimum atomic E-state index is -0.0474. The van der Waals surface area contributed by atoms with E-state index in [1.54, 1.807) is 0 Å². The Morgan fingerprint density at radius 2 is 2.00 bits per heavy atom. The van der Waals surface area contributed by atoms with Gasteiger partial charge in [-0.3, -0.25) is 9.69 Å². The third-order valence-corrected chi connectivity index (χ3v) is 6.98. The van der Waals surface area contributed by atoms with Crippen LogP contribution in [0, 0.1) is 20.8 Å². The van der Waals surface area contributed by atoms with Crippen LogP contribution in [0.5, 0.6) is 0 Å². The molecule has 1 fully saturated rings. The van der Waals surface area contributed by atoms with Gasteiger partial charge in [0, 0.05) is 22.6 Å². The SMILES string of the molecule is Cc1nc(C)c2c(C)c(C(=O)NCC(c3cccc(Cl)c3)N3CCCC3)sc2n1. The van der Waals surface area contributed by atoms with Gasteiger partial charge in [0.25, 0.3) is 5.91 Å². The van der Waals surface area contributed by atoms with Crippen LogP contribution in [-0.4, -0.2) is 40.4 Å². The van der Waals surface area contributed by atoms with Crippen molar-refractivity contribution in [3.63, 3.8) is 0 Å². The number of hydrogen-bond acceptors (Lipinski definition) is 5. The number of rotatable bonds is 5. The van der Waals surface area contributed by atoms with E-state index in [2.05, 4.69) is 26.3 Å². The zero-order valence-electron chi connectivity index (χ0n) is 17.0. The second kappa shape index (κ2) is 8.38. The second-order valence-electron chi connectivity index (χ2n) is 7.62. The number of carbonyl (C=O) groups is 1. The lowest BCUT2D eigenvalue weighted by Gasteiger charge is -2.28. The van der Waals surface area contributed by atoms with Crippen LogP contribution in [0.2, 0.25) is 5.02 Å². The molecule has 1 aromatic carbocycles. The van der Waals surface area contributed by atoms with Crippen LogP contribution in [0.4, 0.5) is 0 Å². The number of hydrogen-bond donors (Lipinski definition) is 1. The molecule has 0 radical (unpaired) electrons. The standard InChI is InChI=1S/C22H25ClN4OS/c1-13-19-14(2)25-15(3)26-22(19)29-20(13)21(28)24-12-18(27-9-4-5-10-27)16-7-6-8-17(23)11-16/h6-8,11,18H,4-5,9-10,12H2,1-3H3,(H,24,28). The van der Waals surface area contributed by atoms with E-state index in [1.165, 1.54) is 24.2 Å². The Morgan fingerprint density at radius 3 is 2.72 bits per heavy atom. The molecule has 1 amide bonds. The zero-order chi connectivity index (χ0) is 20.5. The lowest BCUT2D eigenvalue weighted by molar-refractivity contribution is 0.0941. The van der Waals surface area contributed by atoms with Crippen LogP contribution < -0.4 is 5.32 Å². The van der Waals surface area contributed by atoms with Gasteiger partial charge in [0.2, 0.25) is 0 Å². The van der Waals surface area contributed by atoms with Gasteiger partial charge in [0.05, 0.1) is 10.9 Å². The highest BCUT2D eigenvalue weighted by Gasteiger charge is 2.25.